The van der Waals surface area contributed by atoms with E-state index >= 15 is 0 Å². The van der Waals surface area contributed by atoms with Crippen LogP contribution in [0.15, 0.2) is 42.6 Å². The van der Waals surface area contributed by atoms with Gasteiger partial charge >= 0.3 is 0 Å². The molecule has 0 aliphatic heterocycles. The summed E-state index contributed by atoms with van der Waals surface area (Å²) in [5.41, 5.74) is 2.41. The lowest BCUT2D eigenvalue weighted by atomic mass is 10.1. The fraction of sp³-hybridized carbons (Fsp3) is 0.154. The molecule has 2 heterocycles. The molecule has 1 atom stereocenters. The average Bonchev–Trinajstić information content (AvgIpc) is 2.92. The molecule has 1 unspecified atom stereocenters. The van der Waals surface area contributed by atoms with Crippen LogP contribution in [0.2, 0.25) is 0 Å². The summed E-state index contributed by atoms with van der Waals surface area (Å²) in [5, 5.41) is 11.1. The Labute approximate surface area is 108 Å². The number of aliphatic hydroxyl groups excluding tert-OH is 1. The van der Waals surface area contributed by atoms with Crippen molar-refractivity contribution in [1.29, 1.82) is 0 Å². The Morgan fingerprint density at radius 3 is 2.89 bits per heavy atom. The molecule has 0 aliphatic carbocycles. The van der Waals surface area contributed by atoms with Crippen molar-refractivity contribution < 1.29 is 5.11 Å². The molecular formula is C13H11N3OS. The van der Waals surface area contributed by atoms with Crippen molar-refractivity contribution in [2.45, 2.75) is 12.5 Å². The Bertz CT molecular complexity index is 654. The molecule has 2 aromatic heterocycles. The number of aromatic nitrogens is 3. The molecule has 5 heteroatoms. The van der Waals surface area contributed by atoms with E-state index in [-0.39, 0.29) is 0 Å². The minimum absolute atomic E-state index is 0.455. The molecule has 0 spiro atoms. The molecule has 1 N–H and O–H groups in total. The van der Waals surface area contributed by atoms with Crippen LogP contribution in [-0.4, -0.2) is 18.8 Å². The predicted molar refractivity (Wildman–Crippen MR) is 70.3 cm³/mol. The molecule has 3 rings (SSSR count). The largest absolute Gasteiger partial charge is 0.386 e. The molecule has 3 aromatic rings. The summed E-state index contributed by atoms with van der Waals surface area (Å²) >= 11 is 1.10. The number of pyridine rings is 1. The van der Waals surface area contributed by atoms with E-state index in [9.17, 15) is 5.11 Å². The van der Waals surface area contributed by atoms with Crippen molar-refractivity contribution in [3.8, 4) is 0 Å². The maximum atomic E-state index is 10.00. The first kappa shape index (κ1) is 11.3. The van der Waals surface area contributed by atoms with Crippen LogP contribution >= 0.6 is 11.7 Å². The number of para-hydroxylation sites is 1. The molecule has 0 saturated carbocycles. The molecule has 18 heavy (non-hydrogen) atoms. The van der Waals surface area contributed by atoms with Crippen LogP contribution in [0.1, 0.15) is 17.5 Å². The Balaban J connectivity index is 1.86. The normalized spacial score (nSPS) is 12.7. The Hall–Kier alpha value is -1.85. The third-order valence-corrected chi connectivity index (χ3v) is 3.27. The molecule has 0 amide bonds. The number of hydrogen-bond donors (Lipinski definition) is 1. The van der Waals surface area contributed by atoms with E-state index < -0.39 is 6.10 Å². The SMILES string of the molecule is OC(Cc1ccc2ccccc2n1)c1cnsn1. The van der Waals surface area contributed by atoms with Gasteiger partial charge in [0.05, 0.1) is 23.4 Å². The van der Waals surface area contributed by atoms with Gasteiger partial charge in [-0.05, 0) is 12.1 Å². The van der Waals surface area contributed by atoms with Gasteiger partial charge in [-0.25, -0.2) is 0 Å². The van der Waals surface area contributed by atoms with E-state index in [2.05, 4.69) is 13.7 Å². The van der Waals surface area contributed by atoms with Crippen LogP contribution < -0.4 is 0 Å². The molecule has 1 aromatic carbocycles. The zero-order chi connectivity index (χ0) is 12.4. The minimum atomic E-state index is -0.641. The Morgan fingerprint density at radius 1 is 1.17 bits per heavy atom. The van der Waals surface area contributed by atoms with E-state index in [1.54, 1.807) is 6.20 Å². The second-order valence-corrected chi connectivity index (χ2v) is 4.60. The molecule has 90 valence electrons. The molecule has 0 aliphatic rings. The van der Waals surface area contributed by atoms with Crippen LogP contribution in [-0.2, 0) is 6.42 Å². The zero-order valence-corrected chi connectivity index (χ0v) is 10.3. The highest BCUT2D eigenvalue weighted by molar-refractivity contribution is 6.99. The lowest BCUT2D eigenvalue weighted by Crippen LogP contribution is -2.03. The van der Waals surface area contributed by atoms with Crippen molar-refractivity contribution in [2.75, 3.05) is 0 Å². The summed E-state index contributed by atoms with van der Waals surface area (Å²) in [5.74, 6) is 0. The van der Waals surface area contributed by atoms with Gasteiger partial charge in [-0.3, -0.25) is 4.98 Å². The smallest absolute Gasteiger partial charge is 0.104 e. The van der Waals surface area contributed by atoms with Crippen molar-refractivity contribution in [1.82, 2.24) is 13.7 Å². The maximum Gasteiger partial charge on any atom is 0.104 e. The highest BCUT2D eigenvalue weighted by Gasteiger charge is 2.12. The summed E-state index contributed by atoms with van der Waals surface area (Å²) in [4.78, 5) is 4.52. The zero-order valence-electron chi connectivity index (χ0n) is 9.52. The van der Waals surface area contributed by atoms with E-state index in [1.165, 1.54) is 0 Å². The van der Waals surface area contributed by atoms with Crippen molar-refractivity contribution >= 4 is 22.6 Å². The highest BCUT2D eigenvalue weighted by atomic mass is 32.1. The topological polar surface area (TPSA) is 58.9 Å². The Morgan fingerprint density at radius 2 is 2.06 bits per heavy atom. The highest BCUT2D eigenvalue weighted by Crippen LogP contribution is 2.18. The molecule has 4 nitrogen and oxygen atoms in total. The van der Waals surface area contributed by atoms with Crippen LogP contribution in [0.4, 0.5) is 0 Å². The molecule has 0 fully saturated rings. The second kappa shape index (κ2) is 4.80. The van der Waals surface area contributed by atoms with Gasteiger partial charge in [-0.2, -0.15) is 8.75 Å². The standard InChI is InChI=1S/C13H11N3OS/c17-13(12-8-14-18-16-12)7-10-6-5-9-3-1-2-4-11(9)15-10/h1-6,8,13,17H,7H2. The number of benzene rings is 1. The lowest BCUT2D eigenvalue weighted by Gasteiger charge is -2.07. The van der Waals surface area contributed by atoms with Gasteiger partial charge < -0.3 is 5.11 Å². The fourth-order valence-electron chi connectivity index (χ4n) is 1.84. The second-order valence-electron chi connectivity index (χ2n) is 4.05. The number of hydrogen-bond acceptors (Lipinski definition) is 5. The third kappa shape index (κ3) is 2.23. The van der Waals surface area contributed by atoms with Crippen molar-refractivity contribution in [2.24, 2.45) is 0 Å². The van der Waals surface area contributed by atoms with E-state index in [0.29, 0.717) is 12.1 Å². The van der Waals surface area contributed by atoms with Gasteiger partial charge in [0.1, 0.15) is 11.8 Å². The van der Waals surface area contributed by atoms with Crippen LogP contribution in [0.3, 0.4) is 0 Å². The monoisotopic (exact) mass is 257 g/mol. The third-order valence-electron chi connectivity index (χ3n) is 2.78. The molecule has 0 saturated heterocycles. The number of rotatable bonds is 3. The summed E-state index contributed by atoms with van der Waals surface area (Å²) < 4.78 is 7.91. The van der Waals surface area contributed by atoms with Gasteiger partial charge in [-0.1, -0.05) is 24.3 Å². The van der Waals surface area contributed by atoms with Crippen LogP contribution in [0, 0.1) is 0 Å². The lowest BCUT2D eigenvalue weighted by molar-refractivity contribution is 0.173. The molecule has 0 bridgehead atoms. The minimum Gasteiger partial charge on any atom is -0.386 e. The van der Waals surface area contributed by atoms with Gasteiger partial charge in [0, 0.05) is 17.5 Å². The summed E-state index contributed by atoms with van der Waals surface area (Å²) in [6.07, 6.45) is 1.41. The van der Waals surface area contributed by atoms with Gasteiger partial charge in [0.25, 0.3) is 0 Å². The van der Waals surface area contributed by atoms with E-state index in [0.717, 1.165) is 28.3 Å². The van der Waals surface area contributed by atoms with Crippen LogP contribution in [0.5, 0.6) is 0 Å². The van der Waals surface area contributed by atoms with Gasteiger partial charge in [-0.15, -0.1) is 0 Å². The number of nitrogens with zero attached hydrogens (tertiary/aromatic N) is 3. The summed E-state index contributed by atoms with van der Waals surface area (Å²) in [6, 6.07) is 11.9. The summed E-state index contributed by atoms with van der Waals surface area (Å²) in [7, 11) is 0. The van der Waals surface area contributed by atoms with E-state index in [4.69, 9.17) is 0 Å². The first-order valence-electron chi connectivity index (χ1n) is 5.63. The van der Waals surface area contributed by atoms with Crippen LogP contribution in [0.25, 0.3) is 10.9 Å². The van der Waals surface area contributed by atoms with Crippen molar-refractivity contribution in [3.05, 3.63) is 54.0 Å². The Kier molecular flexibility index (Phi) is 3.00. The first-order valence-corrected chi connectivity index (χ1v) is 6.36. The number of fused-ring (bicyclic) bond motifs is 1. The fourth-order valence-corrected chi connectivity index (χ4v) is 2.31. The average molecular weight is 257 g/mol. The van der Waals surface area contributed by atoms with Gasteiger partial charge in [0.15, 0.2) is 0 Å². The quantitative estimate of drug-likeness (QED) is 0.782. The van der Waals surface area contributed by atoms with E-state index in [1.807, 2.05) is 36.4 Å². The number of aliphatic hydroxyl groups is 1. The molecule has 0 radical (unpaired) electrons. The predicted octanol–water partition coefficient (Wildman–Crippen LogP) is 2.36. The maximum absolute atomic E-state index is 10.00. The summed E-state index contributed by atoms with van der Waals surface area (Å²) in [6.45, 7) is 0. The first-order chi connectivity index (χ1) is 8.83. The molecular weight excluding hydrogens is 246 g/mol. The van der Waals surface area contributed by atoms with Gasteiger partial charge in [0.2, 0.25) is 0 Å². The van der Waals surface area contributed by atoms with Crippen molar-refractivity contribution in [3.63, 3.8) is 0 Å².